The molecule has 2 atom stereocenters. The van der Waals surface area contributed by atoms with Crippen LogP contribution in [0.4, 0.5) is 4.79 Å². The third-order valence-corrected chi connectivity index (χ3v) is 2.41. The van der Waals surface area contributed by atoms with Crippen molar-refractivity contribution in [3.05, 3.63) is 62.6 Å². The number of hydrogen-bond acceptors (Lipinski definition) is 10. The standard InChI is InChI=1S/C17H17NO10/c1-5-11(19)24-9-10(25-12(20)6-2)15(26-13(21)7-3)16(28-17(18)23)27-14(22)8-4/h5-9,15-16H,1-4H2,(H2,18,23)/b10-9-. The molecule has 1 amide bonds. The van der Waals surface area contributed by atoms with Crippen LogP contribution < -0.4 is 5.73 Å². The lowest BCUT2D eigenvalue weighted by Crippen LogP contribution is -2.41. The van der Waals surface area contributed by atoms with E-state index in [1.807, 2.05) is 0 Å². The summed E-state index contributed by atoms with van der Waals surface area (Å²) in [5.41, 5.74) is 4.90. The molecule has 150 valence electrons. The minimum atomic E-state index is -2.06. The smallest absolute Gasteiger partial charge is 0.407 e. The van der Waals surface area contributed by atoms with Gasteiger partial charge in [0.15, 0.2) is 5.76 Å². The molecule has 11 nitrogen and oxygen atoms in total. The molecule has 2 N–H and O–H groups in total. The number of esters is 4. The third kappa shape index (κ3) is 8.80. The molecule has 11 heteroatoms. The summed E-state index contributed by atoms with van der Waals surface area (Å²) in [5.74, 6) is -5.04. The van der Waals surface area contributed by atoms with E-state index < -0.39 is 48.1 Å². The summed E-state index contributed by atoms with van der Waals surface area (Å²) >= 11 is 0. The second-order valence-corrected chi connectivity index (χ2v) is 4.29. The molecule has 2 unspecified atom stereocenters. The van der Waals surface area contributed by atoms with Gasteiger partial charge in [-0.3, -0.25) is 0 Å². The van der Waals surface area contributed by atoms with Crippen LogP contribution in [0.3, 0.4) is 0 Å². The maximum atomic E-state index is 11.6. The van der Waals surface area contributed by atoms with Crippen LogP contribution in [0.15, 0.2) is 62.6 Å². The number of hydrogen-bond donors (Lipinski definition) is 1. The topological polar surface area (TPSA) is 158 Å². The van der Waals surface area contributed by atoms with Crippen molar-refractivity contribution >= 4 is 30.0 Å². The summed E-state index contributed by atoms with van der Waals surface area (Å²) < 4.78 is 23.6. The first-order valence-electron chi connectivity index (χ1n) is 7.18. The maximum Gasteiger partial charge on any atom is 0.407 e. The molecule has 0 aromatic heterocycles. The highest BCUT2D eigenvalue weighted by Gasteiger charge is 2.37. The van der Waals surface area contributed by atoms with Crippen LogP contribution in [0.2, 0.25) is 0 Å². The van der Waals surface area contributed by atoms with Gasteiger partial charge < -0.3 is 29.4 Å². The third-order valence-electron chi connectivity index (χ3n) is 2.41. The average molecular weight is 395 g/mol. The molecule has 0 aliphatic carbocycles. The molecule has 0 aromatic carbocycles. The Kier molecular flexibility index (Phi) is 10.4. The van der Waals surface area contributed by atoms with E-state index in [2.05, 4.69) is 35.8 Å². The van der Waals surface area contributed by atoms with E-state index in [0.717, 1.165) is 12.2 Å². The fraction of sp³-hybridized carbons (Fsp3) is 0.118. The van der Waals surface area contributed by atoms with Crippen LogP contribution in [-0.4, -0.2) is 42.4 Å². The Labute approximate surface area is 159 Å². The second-order valence-electron chi connectivity index (χ2n) is 4.29. The number of ether oxygens (including phenoxy) is 5. The van der Waals surface area contributed by atoms with Gasteiger partial charge in [0.1, 0.15) is 6.26 Å². The van der Waals surface area contributed by atoms with Crippen molar-refractivity contribution in [2.45, 2.75) is 12.4 Å². The summed E-state index contributed by atoms with van der Waals surface area (Å²) in [6.07, 6.45) is -2.03. The zero-order valence-corrected chi connectivity index (χ0v) is 14.5. The lowest BCUT2D eigenvalue weighted by atomic mass is 10.2. The van der Waals surface area contributed by atoms with E-state index >= 15 is 0 Å². The Morgan fingerprint density at radius 1 is 0.714 bits per heavy atom. The van der Waals surface area contributed by atoms with Crippen LogP contribution in [-0.2, 0) is 42.9 Å². The first-order valence-corrected chi connectivity index (χ1v) is 7.18. The van der Waals surface area contributed by atoms with E-state index in [1.165, 1.54) is 0 Å². The highest BCUT2D eigenvalue weighted by Crippen LogP contribution is 2.19. The van der Waals surface area contributed by atoms with Gasteiger partial charge in [0.05, 0.1) is 0 Å². The van der Waals surface area contributed by atoms with E-state index in [9.17, 15) is 24.0 Å². The molecule has 0 radical (unpaired) electrons. The quantitative estimate of drug-likeness (QED) is 0.172. The first kappa shape index (κ1) is 23.9. The van der Waals surface area contributed by atoms with E-state index in [1.54, 1.807) is 0 Å². The normalized spacial score (nSPS) is 12.2. The molecule has 0 saturated carbocycles. The van der Waals surface area contributed by atoms with Gasteiger partial charge in [-0.05, 0) is 0 Å². The molecule has 0 bridgehead atoms. The van der Waals surface area contributed by atoms with Crippen molar-refractivity contribution in [2.75, 3.05) is 0 Å². The van der Waals surface area contributed by atoms with Crippen LogP contribution in [0.1, 0.15) is 0 Å². The summed E-state index contributed by atoms with van der Waals surface area (Å²) in [6.45, 7) is 12.6. The zero-order valence-electron chi connectivity index (χ0n) is 14.5. The van der Waals surface area contributed by atoms with Crippen LogP contribution >= 0.6 is 0 Å². The number of rotatable bonds is 11. The largest absolute Gasteiger partial charge is 0.443 e. The Morgan fingerprint density at radius 2 is 1.21 bits per heavy atom. The number of carbonyl (C=O) groups is 5. The number of carbonyl (C=O) groups excluding carboxylic acids is 5. The van der Waals surface area contributed by atoms with Crippen molar-refractivity contribution in [1.82, 2.24) is 0 Å². The Balaban J connectivity index is 6.19. The molecule has 0 saturated heterocycles. The number of primary amides is 1. The maximum absolute atomic E-state index is 11.6. The van der Waals surface area contributed by atoms with Crippen molar-refractivity contribution in [3.63, 3.8) is 0 Å². The first-order chi connectivity index (χ1) is 13.2. The minimum Gasteiger partial charge on any atom is -0.443 e. The summed E-state index contributed by atoms with van der Waals surface area (Å²) in [4.78, 5) is 57.1. The molecule has 0 aromatic rings. The number of amides is 1. The van der Waals surface area contributed by atoms with E-state index in [4.69, 9.17) is 19.9 Å². The molecule has 0 spiro atoms. The van der Waals surface area contributed by atoms with Crippen LogP contribution in [0.25, 0.3) is 0 Å². The molecular weight excluding hydrogens is 378 g/mol. The molecule has 0 rings (SSSR count). The van der Waals surface area contributed by atoms with Gasteiger partial charge in [0, 0.05) is 24.3 Å². The molecule has 0 heterocycles. The van der Waals surface area contributed by atoms with Gasteiger partial charge in [-0.2, -0.15) is 0 Å². The van der Waals surface area contributed by atoms with Crippen molar-refractivity contribution in [2.24, 2.45) is 5.73 Å². The molecule has 0 aliphatic rings. The Morgan fingerprint density at radius 3 is 1.68 bits per heavy atom. The van der Waals surface area contributed by atoms with Crippen molar-refractivity contribution in [1.29, 1.82) is 0 Å². The molecule has 28 heavy (non-hydrogen) atoms. The second kappa shape index (κ2) is 12.2. The lowest BCUT2D eigenvalue weighted by Gasteiger charge is -2.26. The Bertz CT molecular complexity index is 721. The van der Waals surface area contributed by atoms with E-state index in [-0.39, 0.29) is 0 Å². The van der Waals surface area contributed by atoms with Crippen molar-refractivity contribution in [3.8, 4) is 0 Å². The summed E-state index contributed by atoms with van der Waals surface area (Å²) in [7, 11) is 0. The minimum absolute atomic E-state index is 0.533. The van der Waals surface area contributed by atoms with Gasteiger partial charge in [-0.15, -0.1) is 0 Å². The summed E-state index contributed by atoms with van der Waals surface area (Å²) in [6, 6.07) is 0. The molecule has 0 fully saturated rings. The van der Waals surface area contributed by atoms with Gasteiger partial charge in [-0.1, -0.05) is 26.3 Å². The van der Waals surface area contributed by atoms with Gasteiger partial charge in [-0.25, -0.2) is 24.0 Å². The van der Waals surface area contributed by atoms with E-state index in [0.29, 0.717) is 18.4 Å². The summed E-state index contributed by atoms with van der Waals surface area (Å²) in [5, 5.41) is 0. The lowest BCUT2D eigenvalue weighted by molar-refractivity contribution is -0.192. The van der Waals surface area contributed by atoms with Crippen LogP contribution in [0.5, 0.6) is 0 Å². The molecule has 0 aliphatic heterocycles. The average Bonchev–Trinajstić information content (AvgIpc) is 2.67. The predicted octanol–water partition coefficient (Wildman–Crippen LogP) is 0.535. The van der Waals surface area contributed by atoms with Gasteiger partial charge >= 0.3 is 30.0 Å². The highest BCUT2D eigenvalue weighted by atomic mass is 16.7. The monoisotopic (exact) mass is 395 g/mol. The fourth-order valence-corrected chi connectivity index (χ4v) is 1.32. The number of nitrogens with two attached hydrogens (primary N) is 1. The highest BCUT2D eigenvalue weighted by molar-refractivity contribution is 5.84. The fourth-order valence-electron chi connectivity index (χ4n) is 1.32. The SMILES string of the molecule is C=CC(=O)O/C=C(\OC(=O)C=C)C(OC(=O)C=C)C(OC(N)=O)OC(=O)C=C. The van der Waals surface area contributed by atoms with Crippen LogP contribution in [0, 0.1) is 0 Å². The Hall–Kier alpha value is -4.15. The van der Waals surface area contributed by atoms with Gasteiger partial charge in [0.2, 0.25) is 6.10 Å². The van der Waals surface area contributed by atoms with Crippen molar-refractivity contribution < 1.29 is 47.7 Å². The molecular formula is C17H17NO10. The van der Waals surface area contributed by atoms with Gasteiger partial charge in [0.25, 0.3) is 6.29 Å². The zero-order chi connectivity index (χ0) is 21.7. The predicted molar refractivity (Wildman–Crippen MR) is 91.5 cm³/mol.